The SMILES string of the molecule is CC.CC.Cc1c(C(F)F)ccc2ccccc12. The number of hydrogen-bond donors (Lipinski definition) is 0. The van der Waals surface area contributed by atoms with E-state index in [-0.39, 0.29) is 5.56 Å². The van der Waals surface area contributed by atoms with Crippen LogP contribution in [0.4, 0.5) is 8.78 Å². The molecule has 0 nitrogen and oxygen atoms in total. The molecule has 2 heteroatoms. The third-order valence-electron chi connectivity index (χ3n) is 2.48. The van der Waals surface area contributed by atoms with E-state index >= 15 is 0 Å². The Morgan fingerprint density at radius 3 is 1.94 bits per heavy atom. The molecule has 2 aromatic carbocycles. The Bertz CT molecular complexity index is 462. The van der Waals surface area contributed by atoms with Crippen LogP contribution in [-0.2, 0) is 0 Å². The molecular formula is C16H22F2. The van der Waals surface area contributed by atoms with Crippen LogP contribution in [0.5, 0.6) is 0 Å². The minimum Gasteiger partial charge on any atom is -0.205 e. The summed E-state index contributed by atoms with van der Waals surface area (Å²) in [4.78, 5) is 0. The molecule has 2 rings (SSSR count). The number of alkyl halides is 2. The minimum atomic E-state index is -2.39. The molecule has 0 aliphatic carbocycles. The van der Waals surface area contributed by atoms with Crippen molar-refractivity contribution < 1.29 is 8.78 Å². The molecular weight excluding hydrogens is 230 g/mol. The lowest BCUT2D eigenvalue weighted by Crippen LogP contribution is -1.90. The average Bonchev–Trinajstić information content (AvgIpc) is 2.43. The number of fused-ring (bicyclic) bond motifs is 1. The van der Waals surface area contributed by atoms with E-state index in [0.717, 1.165) is 10.8 Å². The van der Waals surface area contributed by atoms with Gasteiger partial charge in [0.1, 0.15) is 0 Å². The van der Waals surface area contributed by atoms with Crippen LogP contribution >= 0.6 is 0 Å². The van der Waals surface area contributed by atoms with Gasteiger partial charge in [0.2, 0.25) is 0 Å². The first-order chi connectivity index (χ1) is 8.70. The van der Waals surface area contributed by atoms with Crippen molar-refractivity contribution in [2.45, 2.75) is 41.0 Å². The number of hydrogen-bond acceptors (Lipinski definition) is 0. The number of halogens is 2. The van der Waals surface area contributed by atoms with Gasteiger partial charge in [0.15, 0.2) is 0 Å². The van der Waals surface area contributed by atoms with Gasteiger partial charge in [-0.05, 0) is 23.3 Å². The van der Waals surface area contributed by atoms with Crippen LogP contribution in [0.2, 0.25) is 0 Å². The molecule has 18 heavy (non-hydrogen) atoms. The predicted molar refractivity (Wildman–Crippen MR) is 76.3 cm³/mol. The van der Waals surface area contributed by atoms with Crippen LogP contribution in [0, 0.1) is 6.92 Å². The number of benzene rings is 2. The molecule has 0 unspecified atom stereocenters. The fourth-order valence-corrected chi connectivity index (χ4v) is 1.68. The number of aryl methyl sites for hydroxylation is 1. The van der Waals surface area contributed by atoms with Crippen LogP contribution in [-0.4, -0.2) is 0 Å². The zero-order valence-corrected chi connectivity index (χ0v) is 11.8. The standard InChI is InChI=1S/C12H10F2.2C2H6/c1-8-10-5-3-2-4-9(10)6-7-11(8)12(13)14;2*1-2/h2-7,12H,1H3;2*1-2H3. The highest BCUT2D eigenvalue weighted by molar-refractivity contribution is 5.86. The molecule has 0 radical (unpaired) electrons. The third-order valence-corrected chi connectivity index (χ3v) is 2.48. The van der Waals surface area contributed by atoms with Crippen molar-refractivity contribution in [2.24, 2.45) is 0 Å². The number of rotatable bonds is 1. The van der Waals surface area contributed by atoms with Crippen LogP contribution in [0.1, 0.15) is 45.2 Å². The summed E-state index contributed by atoms with van der Waals surface area (Å²) in [6.45, 7) is 9.74. The largest absolute Gasteiger partial charge is 0.264 e. The maximum atomic E-state index is 12.6. The molecule has 0 N–H and O–H groups in total. The first kappa shape index (κ1) is 16.6. The lowest BCUT2D eigenvalue weighted by Gasteiger charge is -2.07. The quantitative estimate of drug-likeness (QED) is 0.572. The van der Waals surface area contributed by atoms with Crippen molar-refractivity contribution in [1.82, 2.24) is 0 Å². The van der Waals surface area contributed by atoms with Gasteiger partial charge in [0.25, 0.3) is 6.43 Å². The van der Waals surface area contributed by atoms with Crippen molar-refractivity contribution in [3.05, 3.63) is 47.5 Å². The van der Waals surface area contributed by atoms with E-state index in [0.29, 0.717) is 5.56 Å². The molecule has 0 aromatic heterocycles. The van der Waals surface area contributed by atoms with Gasteiger partial charge in [-0.15, -0.1) is 0 Å². The smallest absolute Gasteiger partial charge is 0.205 e. The average molecular weight is 252 g/mol. The molecule has 0 atom stereocenters. The highest BCUT2D eigenvalue weighted by Crippen LogP contribution is 2.28. The van der Waals surface area contributed by atoms with Gasteiger partial charge in [-0.2, -0.15) is 0 Å². The van der Waals surface area contributed by atoms with Crippen molar-refractivity contribution in [3.63, 3.8) is 0 Å². The van der Waals surface area contributed by atoms with Gasteiger partial charge in [-0.1, -0.05) is 64.1 Å². The molecule has 0 amide bonds. The molecule has 0 saturated heterocycles. The Morgan fingerprint density at radius 1 is 0.833 bits per heavy atom. The first-order valence-electron chi connectivity index (χ1n) is 6.46. The summed E-state index contributed by atoms with van der Waals surface area (Å²) in [5, 5.41) is 1.92. The zero-order chi connectivity index (χ0) is 14.1. The van der Waals surface area contributed by atoms with Gasteiger partial charge in [0.05, 0.1) is 0 Å². The first-order valence-corrected chi connectivity index (χ1v) is 6.46. The molecule has 2 aromatic rings. The van der Waals surface area contributed by atoms with E-state index in [1.54, 1.807) is 13.0 Å². The zero-order valence-electron chi connectivity index (χ0n) is 11.8. The lowest BCUT2D eigenvalue weighted by atomic mass is 10.0. The normalized spacial score (nSPS) is 9.33. The van der Waals surface area contributed by atoms with Gasteiger partial charge in [0, 0.05) is 5.56 Å². The maximum Gasteiger partial charge on any atom is 0.264 e. The van der Waals surface area contributed by atoms with E-state index in [1.165, 1.54) is 6.07 Å². The Kier molecular flexibility index (Phi) is 7.93. The Labute approximate surface area is 109 Å². The summed E-state index contributed by atoms with van der Waals surface area (Å²) in [6, 6.07) is 10.8. The summed E-state index contributed by atoms with van der Waals surface area (Å²) in [5.41, 5.74) is 0.807. The van der Waals surface area contributed by atoms with Crippen LogP contribution < -0.4 is 0 Å². The molecule has 0 fully saturated rings. The molecule has 0 aliphatic heterocycles. The van der Waals surface area contributed by atoms with E-state index in [4.69, 9.17) is 0 Å². The van der Waals surface area contributed by atoms with E-state index in [9.17, 15) is 8.78 Å². The summed E-state index contributed by atoms with van der Waals surface area (Å²) in [7, 11) is 0. The van der Waals surface area contributed by atoms with Crippen molar-refractivity contribution in [1.29, 1.82) is 0 Å². The third kappa shape index (κ3) is 3.80. The summed E-state index contributed by atoms with van der Waals surface area (Å²) >= 11 is 0. The van der Waals surface area contributed by atoms with Crippen LogP contribution in [0.15, 0.2) is 36.4 Å². The van der Waals surface area contributed by atoms with E-state index < -0.39 is 6.43 Å². The topological polar surface area (TPSA) is 0 Å². The van der Waals surface area contributed by atoms with Crippen LogP contribution in [0.3, 0.4) is 0 Å². The fourth-order valence-electron chi connectivity index (χ4n) is 1.68. The molecule has 0 heterocycles. The van der Waals surface area contributed by atoms with Gasteiger partial charge in [-0.25, -0.2) is 8.78 Å². The summed E-state index contributed by atoms with van der Waals surface area (Å²) < 4.78 is 25.1. The van der Waals surface area contributed by atoms with E-state index in [1.807, 2.05) is 52.0 Å². The molecule has 0 spiro atoms. The summed E-state index contributed by atoms with van der Waals surface area (Å²) in [6.07, 6.45) is -2.39. The second-order valence-corrected chi connectivity index (χ2v) is 3.30. The van der Waals surface area contributed by atoms with Gasteiger partial charge >= 0.3 is 0 Å². The van der Waals surface area contributed by atoms with E-state index in [2.05, 4.69) is 0 Å². The van der Waals surface area contributed by atoms with Crippen molar-refractivity contribution in [3.8, 4) is 0 Å². The summed E-state index contributed by atoms with van der Waals surface area (Å²) in [5.74, 6) is 0. The second kappa shape index (κ2) is 8.62. The fraction of sp³-hybridized carbons (Fsp3) is 0.375. The Morgan fingerprint density at radius 2 is 1.39 bits per heavy atom. The van der Waals surface area contributed by atoms with Gasteiger partial charge in [-0.3, -0.25) is 0 Å². The molecule has 0 saturated carbocycles. The predicted octanol–water partition coefficient (Wildman–Crippen LogP) is 6.14. The van der Waals surface area contributed by atoms with Crippen molar-refractivity contribution >= 4 is 10.8 Å². The molecule has 100 valence electrons. The monoisotopic (exact) mass is 252 g/mol. The molecule has 0 aliphatic rings. The molecule has 0 bridgehead atoms. The highest BCUT2D eigenvalue weighted by Gasteiger charge is 2.11. The Balaban J connectivity index is 0.000000659. The highest BCUT2D eigenvalue weighted by atomic mass is 19.3. The lowest BCUT2D eigenvalue weighted by molar-refractivity contribution is 0.151. The maximum absolute atomic E-state index is 12.6. The minimum absolute atomic E-state index is 0.128. The van der Waals surface area contributed by atoms with Crippen molar-refractivity contribution in [2.75, 3.05) is 0 Å². The Hall–Kier alpha value is -1.44. The second-order valence-electron chi connectivity index (χ2n) is 3.30. The van der Waals surface area contributed by atoms with Gasteiger partial charge < -0.3 is 0 Å². The van der Waals surface area contributed by atoms with Crippen LogP contribution in [0.25, 0.3) is 10.8 Å².